The van der Waals surface area contributed by atoms with Crippen molar-refractivity contribution in [3.05, 3.63) is 47.2 Å². The van der Waals surface area contributed by atoms with Gasteiger partial charge in [-0.3, -0.25) is 9.59 Å². The maximum Gasteiger partial charge on any atom is 0.265 e. The monoisotopic (exact) mass is 347 g/mol. The molecule has 0 aliphatic rings. The molecular formula is C18H22FN3O3. The second-order valence-electron chi connectivity index (χ2n) is 5.56. The van der Waals surface area contributed by atoms with Crippen LogP contribution in [0, 0.1) is 0 Å². The fraction of sp³-hybridized carbons (Fsp3) is 0.333. The summed E-state index contributed by atoms with van der Waals surface area (Å²) in [6, 6.07) is 8.30. The maximum atomic E-state index is 12.7. The van der Waals surface area contributed by atoms with E-state index in [-0.39, 0.29) is 6.61 Å². The van der Waals surface area contributed by atoms with Crippen LogP contribution in [0.4, 0.5) is 10.2 Å². The highest BCUT2D eigenvalue weighted by atomic mass is 19.1. The lowest BCUT2D eigenvalue weighted by molar-refractivity contribution is 0.0987. The third-order valence-electron chi connectivity index (χ3n) is 3.78. The molecule has 134 valence electrons. The lowest BCUT2D eigenvalue weighted by atomic mass is 10.1. The number of carbonyl (C=O) groups is 2. The summed E-state index contributed by atoms with van der Waals surface area (Å²) in [5, 5.41) is 2.81. The number of anilines is 1. The quantitative estimate of drug-likeness (QED) is 0.770. The van der Waals surface area contributed by atoms with Crippen LogP contribution in [0.1, 0.15) is 39.8 Å². The van der Waals surface area contributed by atoms with Crippen LogP contribution in [0.3, 0.4) is 0 Å². The average Bonchev–Trinajstić information content (AvgIpc) is 2.90. The van der Waals surface area contributed by atoms with Gasteiger partial charge in [0.05, 0.1) is 5.56 Å². The van der Waals surface area contributed by atoms with Gasteiger partial charge in [-0.2, -0.15) is 0 Å². The Labute approximate surface area is 145 Å². The molecule has 25 heavy (non-hydrogen) atoms. The number of carbonyl (C=O) groups excluding carboxylic acids is 2. The maximum absolute atomic E-state index is 12.7. The number of amides is 2. The van der Waals surface area contributed by atoms with E-state index in [0.717, 1.165) is 12.0 Å². The predicted octanol–water partition coefficient (Wildman–Crippen LogP) is 2.68. The summed E-state index contributed by atoms with van der Waals surface area (Å²) in [6.45, 7) is 1.24. The molecule has 0 aliphatic heterocycles. The summed E-state index contributed by atoms with van der Waals surface area (Å²) in [5.74, 6) is -0.143. The smallest absolute Gasteiger partial charge is 0.265 e. The Balaban J connectivity index is 2.33. The first-order chi connectivity index (χ1) is 12.0. The van der Waals surface area contributed by atoms with Crippen molar-refractivity contribution in [3.63, 3.8) is 0 Å². The fourth-order valence-electron chi connectivity index (χ4n) is 2.63. The van der Waals surface area contributed by atoms with Gasteiger partial charge in [-0.05, 0) is 30.2 Å². The highest BCUT2D eigenvalue weighted by Crippen LogP contribution is 2.25. The number of primary amides is 1. The molecule has 2 rings (SSSR count). The number of ether oxygens (including phenoxy) is 1. The van der Waals surface area contributed by atoms with E-state index < -0.39 is 18.5 Å². The number of nitrogens with two attached hydrogens (primary N) is 1. The number of aromatic nitrogens is 1. The lowest BCUT2D eigenvalue weighted by Gasteiger charge is -2.13. The van der Waals surface area contributed by atoms with Crippen molar-refractivity contribution in [2.75, 3.05) is 18.6 Å². The molecule has 1 heterocycles. The molecular weight excluding hydrogens is 325 g/mol. The van der Waals surface area contributed by atoms with E-state index >= 15 is 0 Å². The SMILES string of the molecule is CCCc1cc(C(N)=O)n(C)c1NC(=O)c1ccccc1OCCF. The number of rotatable bonds is 8. The Morgan fingerprint density at radius 1 is 1.32 bits per heavy atom. The molecule has 0 saturated carbocycles. The van der Waals surface area contributed by atoms with Crippen LogP contribution < -0.4 is 15.8 Å². The third kappa shape index (κ3) is 4.17. The van der Waals surface area contributed by atoms with E-state index in [1.54, 1.807) is 41.9 Å². The molecule has 1 aromatic heterocycles. The molecule has 0 aliphatic carbocycles. The molecule has 0 fully saturated rings. The van der Waals surface area contributed by atoms with E-state index in [9.17, 15) is 14.0 Å². The summed E-state index contributed by atoms with van der Waals surface area (Å²) in [6.07, 6.45) is 1.54. The molecule has 3 N–H and O–H groups in total. The van der Waals surface area contributed by atoms with Crippen molar-refractivity contribution < 1.29 is 18.7 Å². The number of benzene rings is 1. The first-order valence-electron chi connectivity index (χ1n) is 8.07. The van der Waals surface area contributed by atoms with Crippen molar-refractivity contribution in [1.29, 1.82) is 0 Å². The van der Waals surface area contributed by atoms with Gasteiger partial charge in [0.15, 0.2) is 0 Å². The van der Waals surface area contributed by atoms with Crippen LogP contribution >= 0.6 is 0 Å². The van der Waals surface area contributed by atoms with Crippen molar-refractivity contribution >= 4 is 17.6 Å². The molecule has 2 amide bonds. The van der Waals surface area contributed by atoms with Crippen LogP contribution in [-0.2, 0) is 13.5 Å². The summed E-state index contributed by atoms with van der Waals surface area (Å²) in [5.41, 5.74) is 6.83. The highest BCUT2D eigenvalue weighted by Gasteiger charge is 2.19. The Kier molecular flexibility index (Phi) is 6.16. The van der Waals surface area contributed by atoms with Crippen LogP contribution in [0.5, 0.6) is 5.75 Å². The second kappa shape index (κ2) is 8.32. The normalized spacial score (nSPS) is 10.5. The molecule has 6 nitrogen and oxygen atoms in total. The Bertz CT molecular complexity index is 771. The van der Waals surface area contributed by atoms with Gasteiger partial charge in [-0.25, -0.2) is 4.39 Å². The molecule has 0 atom stereocenters. The van der Waals surface area contributed by atoms with Crippen LogP contribution in [-0.4, -0.2) is 29.7 Å². The van der Waals surface area contributed by atoms with Gasteiger partial charge in [0.2, 0.25) is 0 Å². The Hall–Kier alpha value is -2.83. The minimum Gasteiger partial charge on any atom is -0.490 e. The number of hydrogen-bond donors (Lipinski definition) is 2. The zero-order chi connectivity index (χ0) is 18.4. The first kappa shape index (κ1) is 18.5. The van der Waals surface area contributed by atoms with E-state index in [1.165, 1.54) is 0 Å². The zero-order valence-corrected chi connectivity index (χ0v) is 14.3. The summed E-state index contributed by atoms with van der Waals surface area (Å²) in [4.78, 5) is 24.2. The Morgan fingerprint density at radius 2 is 2.04 bits per heavy atom. The minimum atomic E-state index is -0.642. The number of alkyl halides is 1. The predicted molar refractivity (Wildman–Crippen MR) is 93.8 cm³/mol. The molecule has 0 radical (unpaired) electrons. The van der Waals surface area contributed by atoms with Gasteiger partial charge in [0.25, 0.3) is 11.8 Å². The largest absolute Gasteiger partial charge is 0.490 e. The number of nitrogens with one attached hydrogen (secondary N) is 1. The molecule has 0 spiro atoms. The highest BCUT2D eigenvalue weighted by molar-refractivity contribution is 6.06. The van der Waals surface area contributed by atoms with Crippen molar-refractivity contribution in [3.8, 4) is 5.75 Å². The number of halogens is 1. The number of para-hydroxylation sites is 1. The van der Waals surface area contributed by atoms with Crippen molar-refractivity contribution in [2.45, 2.75) is 19.8 Å². The van der Waals surface area contributed by atoms with Gasteiger partial charge in [-0.1, -0.05) is 25.5 Å². The number of hydrogen-bond acceptors (Lipinski definition) is 3. The van der Waals surface area contributed by atoms with Gasteiger partial charge in [0.1, 0.15) is 30.5 Å². The third-order valence-corrected chi connectivity index (χ3v) is 3.78. The number of aryl methyl sites for hydroxylation is 1. The summed E-state index contributed by atoms with van der Waals surface area (Å²) >= 11 is 0. The van der Waals surface area contributed by atoms with Crippen LogP contribution in [0.25, 0.3) is 0 Å². The lowest BCUT2D eigenvalue weighted by Crippen LogP contribution is -2.19. The molecule has 2 aromatic rings. The summed E-state index contributed by atoms with van der Waals surface area (Å²) < 4.78 is 19.2. The standard InChI is InChI=1S/C18H22FN3O3/c1-3-6-12-11-14(16(20)23)22(2)17(12)21-18(24)13-7-4-5-8-15(13)25-10-9-19/h4-5,7-8,11H,3,6,9-10H2,1-2H3,(H2,20,23)(H,21,24). The van der Waals surface area contributed by atoms with E-state index in [2.05, 4.69) is 5.32 Å². The van der Waals surface area contributed by atoms with Crippen LogP contribution in [0.2, 0.25) is 0 Å². The number of nitrogens with zero attached hydrogens (tertiary/aromatic N) is 1. The van der Waals surface area contributed by atoms with Crippen molar-refractivity contribution in [2.24, 2.45) is 12.8 Å². The topological polar surface area (TPSA) is 86.4 Å². The molecule has 1 aromatic carbocycles. The van der Waals surface area contributed by atoms with Gasteiger partial charge < -0.3 is 20.4 Å². The van der Waals surface area contributed by atoms with Gasteiger partial charge >= 0.3 is 0 Å². The molecule has 7 heteroatoms. The molecule has 0 unspecified atom stereocenters. The average molecular weight is 347 g/mol. The molecule has 0 saturated heterocycles. The fourth-order valence-corrected chi connectivity index (χ4v) is 2.63. The molecule has 0 bridgehead atoms. The van der Waals surface area contributed by atoms with E-state index in [1.807, 2.05) is 6.92 Å². The van der Waals surface area contributed by atoms with Gasteiger partial charge in [-0.15, -0.1) is 0 Å². The Morgan fingerprint density at radius 3 is 2.68 bits per heavy atom. The van der Waals surface area contributed by atoms with Crippen molar-refractivity contribution in [1.82, 2.24) is 4.57 Å². The second-order valence-corrected chi connectivity index (χ2v) is 5.56. The zero-order valence-electron chi connectivity index (χ0n) is 14.3. The minimum absolute atomic E-state index is 0.124. The van der Waals surface area contributed by atoms with Gasteiger partial charge in [0, 0.05) is 7.05 Å². The van der Waals surface area contributed by atoms with E-state index in [0.29, 0.717) is 29.2 Å². The first-order valence-corrected chi connectivity index (χ1v) is 8.07. The van der Waals surface area contributed by atoms with E-state index in [4.69, 9.17) is 10.5 Å². The summed E-state index contributed by atoms with van der Waals surface area (Å²) in [7, 11) is 1.67. The van der Waals surface area contributed by atoms with Crippen LogP contribution in [0.15, 0.2) is 30.3 Å².